The number of aromatic nitrogens is 1. The number of rotatable bonds is 1. The van der Waals surface area contributed by atoms with Gasteiger partial charge >= 0.3 is 5.97 Å². The van der Waals surface area contributed by atoms with Crippen LogP contribution < -0.4 is 0 Å². The summed E-state index contributed by atoms with van der Waals surface area (Å²) >= 11 is 5.98. The van der Waals surface area contributed by atoms with Crippen LogP contribution >= 0.6 is 11.6 Å². The smallest absolute Gasteiger partial charge is 0.336 e. The number of hydrogen-bond acceptors (Lipinski definition) is 3. The molecule has 2 heterocycles. The summed E-state index contributed by atoms with van der Waals surface area (Å²) in [6.45, 7) is 1.52. The molecular formula is C14H13ClN2O2. The maximum atomic E-state index is 11.6. The van der Waals surface area contributed by atoms with Crippen LogP contribution in [0.5, 0.6) is 0 Å². The molecule has 1 N–H and O–H groups in total. The van der Waals surface area contributed by atoms with Gasteiger partial charge in [-0.15, -0.1) is 0 Å². The lowest BCUT2D eigenvalue weighted by molar-refractivity contribution is 0.0696. The fraction of sp³-hybridized carbons (Fsp3) is 0.286. The molecule has 19 heavy (non-hydrogen) atoms. The molecule has 0 aliphatic carbocycles. The molecule has 0 amide bonds. The van der Waals surface area contributed by atoms with Crippen LogP contribution in [0.2, 0.25) is 5.02 Å². The Hall–Kier alpha value is -1.65. The number of nitrogens with zero attached hydrogens (tertiary/aromatic N) is 2. The van der Waals surface area contributed by atoms with Crippen LogP contribution in [-0.4, -0.2) is 34.6 Å². The number of carboxylic acid groups (broad SMARTS) is 1. The van der Waals surface area contributed by atoms with Crippen molar-refractivity contribution in [2.45, 2.75) is 13.0 Å². The normalized spacial score (nSPS) is 15.5. The third kappa shape index (κ3) is 2.07. The monoisotopic (exact) mass is 276 g/mol. The van der Waals surface area contributed by atoms with Crippen molar-refractivity contribution in [2.75, 3.05) is 13.6 Å². The van der Waals surface area contributed by atoms with Crippen molar-refractivity contribution in [3.05, 3.63) is 40.0 Å². The summed E-state index contributed by atoms with van der Waals surface area (Å²) in [5.41, 5.74) is 2.75. The average molecular weight is 277 g/mol. The number of benzene rings is 1. The fourth-order valence-corrected chi connectivity index (χ4v) is 2.76. The SMILES string of the molecule is CN1CCc2nc3ccc(Cl)cc3c(C(=O)O)c2C1. The molecule has 2 aromatic rings. The molecule has 1 aromatic heterocycles. The van der Waals surface area contributed by atoms with Crippen LogP contribution in [0.3, 0.4) is 0 Å². The molecule has 0 atom stereocenters. The van der Waals surface area contributed by atoms with E-state index in [1.165, 1.54) is 0 Å². The number of halogens is 1. The van der Waals surface area contributed by atoms with Crippen LogP contribution in [0.15, 0.2) is 18.2 Å². The highest BCUT2D eigenvalue weighted by atomic mass is 35.5. The Balaban J connectivity index is 2.37. The third-order valence-corrected chi connectivity index (χ3v) is 3.74. The van der Waals surface area contributed by atoms with Crippen molar-refractivity contribution in [3.8, 4) is 0 Å². The highest BCUT2D eigenvalue weighted by Crippen LogP contribution is 2.29. The minimum Gasteiger partial charge on any atom is -0.478 e. The van der Waals surface area contributed by atoms with Gasteiger partial charge in [0.15, 0.2) is 0 Å². The summed E-state index contributed by atoms with van der Waals surface area (Å²) in [5, 5.41) is 10.7. The van der Waals surface area contributed by atoms with Crippen LogP contribution in [0.25, 0.3) is 10.9 Å². The standard InChI is InChI=1S/C14H13ClN2O2/c1-17-5-4-12-10(7-17)13(14(18)19)9-6-8(15)2-3-11(9)16-12/h2-3,6H,4-5,7H2,1H3,(H,18,19). The molecule has 0 saturated heterocycles. The summed E-state index contributed by atoms with van der Waals surface area (Å²) in [6.07, 6.45) is 0.782. The van der Waals surface area contributed by atoms with Gasteiger partial charge in [-0.05, 0) is 25.2 Å². The van der Waals surface area contributed by atoms with Crippen molar-refractivity contribution in [2.24, 2.45) is 0 Å². The van der Waals surface area contributed by atoms with E-state index in [0.717, 1.165) is 24.2 Å². The largest absolute Gasteiger partial charge is 0.478 e. The molecule has 1 aliphatic rings. The molecule has 0 spiro atoms. The average Bonchev–Trinajstić information content (AvgIpc) is 2.35. The minimum absolute atomic E-state index is 0.342. The minimum atomic E-state index is -0.916. The van der Waals surface area contributed by atoms with E-state index in [1.807, 2.05) is 7.05 Å². The summed E-state index contributed by atoms with van der Waals surface area (Å²) in [4.78, 5) is 18.3. The fourth-order valence-electron chi connectivity index (χ4n) is 2.59. The third-order valence-electron chi connectivity index (χ3n) is 3.51. The predicted molar refractivity (Wildman–Crippen MR) is 73.8 cm³/mol. The number of carbonyl (C=O) groups is 1. The highest BCUT2D eigenvalue weighted by molar-refractivity contribution is 6.31. The van der Waals surface area contributed by atoms with Gasteiger partial charge < -0.3 is 10.0 Å². The number of likely N-dealkylation sites (N-methyl/N-ethyl adjacent to an activating group) is 1. The first-order valence-corrected chi connectivity index (χ1v) is 6.47. The molecule has 0 fully saturated rings. The topological polar surface area (TPSA) is 53.4 Å². The zero-order chi connectivity index (χ0) is 13.6. The summed E-state index contributed by atoms with van der Waals surface area (Å²) in [7, 11) is 1.98. The van der Waals surface area contributed by atoms with Gasteiger partial charge in [0.1, 0.15) is 0 Å². The Bertz CT molecular complexity index is 685. The molecule has 5 heteroatoms. The van der Waals surface area contributed by atoms with Crippen molar-refractivity contribution in [3.63, 3.8) is 0 Å². The maximum Gasteiger partial charge on any atom is 0.336 e. The van der Waals surface area contributed by atoms with Crippen molar-refractivity contribution in [1.82, 2.24) is 9.88 Å². The Morgan fingerprint density at radius 1 is 1.47 bits per heavy atom. The maximum absolute atomic E-state index is 11.6. The van der Waals surface area contributed by atoms with Gasteiger partial charge in [-0.1, -0.05) is 11.6 Å². The lowest BCUT2D eigenvalue weighted by Crippen LogP contribution is -2.29. The summed E-state index contributed by atoms with van der Waals surface area (Å²) < 4.78 is 0. The van der Waals surface area contributed by atoms with Crippen LogP contribution in [0.4, 0.5) is 0 Å². The zero-order valence-electron chi connectivity index (χ0n) is 10.5. The highest BCUT2D eigenvalue weighted by Gasteiger charge is 2.24. The number of pyridine rings is 1. The first-order valence-electron chi connectivity index (χ1n) is 6.09. The number of carboxylic acids is 1. The molecule has 1 aromatic carbocycles. The molecular weight excluding hydrogens is 264 g/mol. The van der Waals surface area contributed by atoms with Gasteiger partial charge in [-0.25, -0.2) is 4.79 Å². The Morgan fingerprint density at radius 2 is 2.26 bits per heavy atom. The first kappa shape index (κ1) is 12.4. The Kier molecular flexibility index (Phi) is 2.92. The lowest BCUT2D eigenvalue weighted by atomic mass is 9.96. The molecule has 0 unspecified atom stereocenters. The van der Waals surface area contributed by atoms with Crippen LogP contribution in [0.1, 0.15) is 21.6 Å². The molecule has 0 radical (unpaired) electrons. The number of fused-ring (bicyclic) bond motifs is 2. The van der Waals surface area contributed by atoms with E-state index in [9.17, 15) is 9.90 Å². The summed E-state index contributed by atoms with van der Waals surface area (Å²) in [5.74, 6) is -0.916. The Labute approximate surface area is 115 Å². The van der Waals surface area contributed by atoms with Gasteiger partial charge in [0, 0.05) is 41.2 Å². The summed E-state index contributed by atoms with van der Waals surface area (Å²) in [6, 6.07) is 5.20. The molecule has 98 valence electrons. The van der Waals surface area contributed by atoms with Gasteiger partial charge in [0.2, 0.25) is 0 Å². The van der Waals surface area contributed by atoms with Gasteiger partial charge in [-0.3, -0.25) is 4.98 Å². The van der Waals surface area contributed by atoms with E-state index in [4.69, 9.17) is 11.6 Å². The van der Waals surface area contributed by atoms with Crippen molar-refractivity contribution < 1.29 is 9.90 Å². The van der Waals surface area contributed by atoms with Crippen molar-refractivity contribution >= 4 is 28.5 Å². The van der Waals surface area contributed by atoms with Crippen LogP contribution in [0, 0.1) is 0 Å². The van der Waals surface area contributed by atoms with Crippen LogP contribution in [-0.2, 0) is 13.0 Å². The first-order chi connectivity index (χ1) is 9.06. The number of aromatic carboxylic acids is 1. The molecule has 3 rings (SSSR count). The van der Waals surface area contributed by atoms with Gasteiger partial charge in [-0.2, -0.15) is 0 Å². The zero-order valence-corrected chi connectivity index (χ0v) is 11.2. The van der Waals surface area contributed by atoms with E-state index >= 15 is 0 Å². The van der Waals surface area contributed by atoms with E-state index in [-0.39, 0.29) is 0 Å². The number of hydrogen-bond donors (Lipinski definition) is 1. The lowest BCUT2D eigenvalue weighted by Gasteiger charge is -2.26. The van der Waals surface area contributed by atoms with E-state index in [1.54, 1.807) is 18.2 Å². The second-order valence-electron chi connectivity index (χ2n) is 4.87. The van der Waals surface area contributed by atoms with E-state index in [2.05, 4.69) is 9.88 Å². The van der Waals surface area contributed by atoms with Gasteiger partial charge in [0.25, 0.3) is 0 Å². The second kappa shape index (κ2) is 4.47. The molecule has 4 nitrogen and oxygen atoms in total. The van der Waals surface area contributed by atoms with E-state index in [0.29, 0.717) is 28.0 Å². The second-order valence-corrected chi connectivity index (χ2v) is 5.30. The Morgan fingerprint density at radius 3 is 3.00 bits per heavy atom. The predicted octanol–water partition coefficient (Wildman–Crippen LogP) is 2.57. The molecule has 1 aliphatic heterocycles. The molecule has 0 bridgehead atoms. The molecule has 0 saturated carbocycles. The van der Waals surface area contributed by atoms with Gasteiger partial charge in [0.05, 0.1) is 11.1 Å². The quantitative estimate of drug-likeness (QED) is 0.870. The van der Waals surface area contributed by atoms with E-state index < -0.39 is 5.97 Å². The van der Waals surface area contributed by atoms with Crippen molar-refractivity contribution in [1.29, 1.82) is 0 Å².